The highest BCUT2D eigenvalue weighted by atomic mass is 16.5. The molecule has 2 fully saturated rings. The molecule has 1 aliphatic carbocycles. The van der Waals surface area contributed by atoms with E-state index in [4.69, 9.17) is 9.47 Å². The first-order chi connectivity index (χ1) is 8.89. The average Bonchev–Trinajstić information content (AvgIpc) is 2.39. The summed E-state index contributed by atoms with van der Waals surface area (Å²) in [5, 5.41) is 6.43. The summed E-state index contributed by atoms with van der Waals surface area (Å²) in [6.07, 6.45) is 1.35. The summed E-state index contributed by atoms with van der Waals surface area (Å²) >= 11 is 0. The van der Waals surface area contributed by atoms with E-state index in [2.05, 4.69) is 31.4 Å². The first-order valence-corrected chi connectivity index (χ1v) is 7.05. The molecule has 0 aromatic carbocycles. The lowest BCUT2D eigenvalue weighted by atomic mass is 9.56. The van der Waals surface area contributed by atoms with Crippen LogP contribution in [0.15, 0.2) is 0 Å². The molecule has 5 nitrogen and oxygen atoms in total. The Kier molecular flexibility index (Phi) is 4.18. The Bertz CT molecular complexity index is 340. The number of methoxy groups -OCH3 is 1. The fourth-order valence-corrected chi connectivity index (χ4v) is 2.95. The van der Waals surface area contributed by atoms with Gasteiger partial charge in [-0.15, -0.1) is 0 Å². The van der Waals surface area contributed by atoms with Crippen LogP contribution in [0.1, 0.15) is 33.6 Å². The van der Waals surface area contributed by atoms with E-state index < -0.39 is 0 Å². The van der Waals surface area contributed by atoms with E-state index in [0.717, 1.165) is 19.6 Å². The van der Waals surface area contributed by atoms with E-state index >= 15 is 0 Å². The Balaban J connectivity index is 1.80. The molecule has 2 N–H and O–H groups in total. The second-order valence-electron chi connectivity index (χ2n) is 6.41. The summed E-state index contributed by atoms with van der Waals surface area (Å²) < 4.78 is 10.9. The van der Waals surface area contributed by atoms with Crippen molar-refractivity contribution in [2.24, 2.45) is 5.41 Å². The monoisotopic (exact) mass is 270 g/mol. The SMILES string of the molecule is COC1(C)CC(NC(=O)CC2COCCN2)C1(C)C. The zero-order valence-electron chi connectivity index (χ0n) is 12.4. The van der Waals surface area contributed by atoms with Gasteiger partial charge >= 0.3 is 0 Å². The molecule has 0 aromatic rings. The molecule has 5 heteroatoms. The van der Waals surface area contributed by atoms with Gasteiger partial charge in [-0.2, -0.15) is 0 Å². The van der Waals surface area contributed by atoms with Crippen molar-refractivity contribution < 1.29 is 14.3 Å². The molecule has 19 heavy (non-hydrogen) atoms. The Morgan fingerprint density at radius 2 is 2.21 bits per heavy atom. The molecule has 0 bridgehead atoms. The average molecular weight is 270 g/mol. The van der Waals surface area contributed by atoms with Gasteiger partial charge in [0.15, 0.2) is 0 Å². The Hall–Kier alpha value is -0.650. The predicted octanol–water partition coefficient (Wildman–Crippen LogP) is 0.685. The van der Waals surface area contributed by atoms with Gasteiger partial charge in [-0.3, -0.25) is 4.79 Å². The van der Waals surface area contributed by atoms with Gasteiger partial charge in [-0.05, 0) is 13.3 Å². The second kappa shape index (κ2) is 5.38. The Labute approximate surface area is 115 Å². The molecule has 1 aliphatic heterocycles. The van der Waals surface area contributed by atoms with Crippen molar-refractivity contribution in [3.8, 4) is 0 Å². The van der Waals surface area contributed by atoms with Gasteiger partial charge in [0.2, 0.25) is 5.91 Å². The van der Waals surface area contributed by atoms with E-state index in [1.165, 1.54) is 0 Å². The third-order valence-corrected chi connectivity index (χ3v) is 5.04. The van der Waals surface area contributed by atoms with Crippen molar-refractivity contribution in [2.45, 2.75) is 51.3 Å². The minimum Gasteiger partial charge on any atom is -0.378 e. The molecular weight excluding hydrogens is 244 g/mol. The third kappa shape index (κ3) is 2.78. The van der Waals surface area contributed by atoms with E-state index in [9.17, 15) is 4.79 Å². The minimum absolute atomic E-state index is 0.0338. The second-order valence-corrected chi connectivity index (χ2v) is 6.41. The molecule has 2 aliphatic rings. The topological polar surface area (TPSA) is 59.6 Å². The molecule has 0 spiro atoms. The molecule has 1 amide bonds. The maximum atomic E-state index is 12.1. The Morgan fingerprint density at radius 3 is 2.74 bits per heavy atom. The van der Waals surface area contributed by atoms with E-state index in [1.54, 1.807) is 7.11 Å². The lowest BCUT2D eigenvalue weighted by molar-refractivity contribution is -0.182. The maximum absolute atomic E-state index is 12.1. The van der Waals surface area contributed by atoms with Crippen molar-refractivity contribution in [3.05, 3.63) is 0 Å². The number of hydrogen-bond acceptors (Lipinski definition) is 4. The number of carbonyl (C=O) groups is 1. The van der Waals surface area contributed by atoms with Crippen LogP contribution in [0.3, 0.4) is 0 Å². The Morgan fingerprint density at radius 1 is 1.47 bits per heavy atom. The first-order valence-electron chi connectivity index (χ1n) is 7.05. The molecule has 3 atom stereocenters. The van der Waals surface area contributed by atoms with Crippen LogP contribution in [-0.2, 0) is 14.3 Å². The van der Waals surface area contributed by atoms with Crippen molar-refractivity contribution >= 4 is 5.91 Å². The lowest BCUT2D eigenvalue weighted by Gasteiger charge is -2.59. The highest BCUT2D eigenvalue weighted by molar-refractivity contribution is 5.77. The molecule has 2 rings (SSSR count). The summed E-state index contributed by atoms with van der Waals surface area (Å²) in [5.41, 5.74) is -0.176. The zero-order chi connectivity index (χ0) is 14.1. The fourth-order valence-electron chi connectivity index (χ4n) is 2.95. The van der Waals surface area contributed by atoms with Gasteiger partial charge in [-0.25, -0.2) is 0 Å². The number of nitrogens with one attached hydrogen (secondary N) is 2. The van der Waals surface area contributed by atoms with Gasteiger partial charge in [0.1, 0.15) is 0 Å². The lowest BCUT2D eigenvalue weighted by Crippen LogP contribution is -2.68. The van der Waals surface area contributed by atoms with E-state index in [1.807, 2.05) is 0 Å². The molecule has 110 valence electrons. The van der Waals surface area contributed by atoms with Crippen molar-refractivity contribution in [3.63, 3.8) is 0 Å². The molecule has 3 unspecified atom stereocenters. The van der Waals surface area contributed by atoms with E-state index in [-0.39, 0.29) is 29.0 Å². The van der Waals surface area contributed by atoms with Crippen LogP contribution in [-0.4, -0.2) is 50.5 Å². The summed E-state index contributed by atoms with van der Waals surface area (Å²) in [7, 11) is 1.74. The molecule has 0 radical (unpaired) electrons. The number of morpholine rings is 1. The standard InChI is InChI=1S/C14H26N2O3/c1-13(2)11(8-14(13,3)18-4)16-12(17)7-10-9-19-6-5-15-10/h10-11,15H,5-9H2,1-4H3,(H,16,17). The number of carbonyl (C=O) groups excluding carboxylic acids is 1. The van der Waals surface area contributed by atoms with Crippen molar-refractivity contribution in [1.29, 1.82) is 0 Å². The van der Waals surface area contributed by atoms with Gasteiger partial charge in [0, 0.05) is 37.6 Å². The molecule has 1 saturated heterocycles. The first kappa shape index (κ1) is 14.8. The summed E-state index contributed by atoms with van der Waals surface area (Å²) in [4.78, 5) is 12.1. The van der Waals surface area contributed by atoms with Crippen molar-refractivity contribution in [2.75, 3.05) is 26.9 Å². The fraction of sp³-hybridized carbons (Fsp3) is 0.929. The molecule has 0 aromatic heterocycles. The van der Waals surface area contributed by atoms with Gasteiger partial charge < -0.3 is 20.1 Å². The summed E-state index contributed by atoms with van der Waals surface area (Å²) in [5.74, 6) is 0.0965. The van der Waals surface area contributed by atoms with Crippen LogP contribution < -0.4 is 10.6 Å². The van der Waals surface area contributed by atoms with Crippen LogP contribution in [0.2, 0.25) is 0 Å². The van der Waals surface area contributed by atoms with Gasteiger partial charge in [0.25, 0.3) is 0 Å². The normalized spacial score (nSPS) is 37.5. The quantitative estimate of drug-likeness (QED) is 0.789. The smallest absolute Gasteiger partial charge is 0.221 e. The largest absolute Gasteiger partial charge is 0.378 e. The van der Waals surface area contributed by atoms with Crippen LogP contribution in [0, 0.1) is 5.41 Å². The zero-order valence-corrected chi connectivity index (χ0v) is 12.4. The summed E-state index contributed by atoms with van der Waals surface area (Å²) in [6, 6.07) is 0.334. The van der Waals surface area contributed by atoms with Gasteiger partial charge in [-0.1, -0.05) is 13.8 Å². The molecular formula is C14H26N2O3. The minimum atomic E-state index is -0.142. The summed E-state index contributed by atoms with van der Waals surface area (Å²) in [6.45, 7) is 8.58. The number of ether oxygens (including phenoxy) is 2. The van der Waals surface area contributed by atoms with Crippen LogP contribution in [0.4, 0.5) is 0 Å². The highest BCUT2D eigenvalue weighted by Gasteiger charge is 2.58. The number of hydrogen-bond donors (Lipinski definition) is 2. The number of rotatable bonds is 4. The van der Waals surface area contributed by atoms with Crippen molar-refractivity contribution in [1.82, 2.24) is 10.6 Å². The van der Waals surface area contributed by atoms with Crippen LogP contribution in [0.5, 0.6) is 0 Å². The van der Waals surface area contributed by atoms with Crippen LogP contribution >= 0.6 is 0 Å². The number of amides is 1. The van der Waals surface area contributed by atoms with Gasteiger partial charge in [0.05, 0.1) is 18.8 Å². The van der Waals surface area contributed by atoms with E-state index in [0.29, 0.717) is 13.0 Å². The molecule has 1 heterocycles. The van der Waals surface area contributed by atoms with Crippen LogP contribution in [0.25, 0.3) is 0 Å². The molecule has 1 saturated carbocycles. The maximum Gasteiger partial charge on any atom is 0.221 e. The highest BCUT2D eigenvalue weighted by Crippen LogP contribution is 2.51. The predicted molar refractivity (Wildman–Crippen MR) is 73.0 cm³/mol. The third-order valence-electron chi connectivity index (χ3n) is 5.04.